The minimum absolute atomic E-state index is 0.139. The van der Waals surface area contributed by atoms with Crippen LogP contribution in [0.25, 0.3) is 16.8 Å². The predicted octanol–water partition coefficient (Wildman–Crippen LogP) is 3.25. The number of imidazole rings is 1. The van der Waals surface area contributed by atoms with Gasteiger partial charge < -0.3 is 10.1 Å². The number of nitro benzene ring substituents is 1. The van der Waals surface area contributed by atoms with Crippen LogP contribution in [0.15, 0.2) is 47.6 Å². The highest BCUT2D eigenvalue weighted by atomic mass is 32.2. The first-order chi connectivity index (χ1) is 14.0. The lowest BCUT2D eigenvalue weighted by atomic mass is 10.2. The summed E-state index contributed by atoms with van der Waals surface area (Å²) in [6.45, 7) is 1.73. The van der Waals surface area contributed by atoms with Crippen molar-refractivity contribution in [2.24, 2.45) is 0 Å². The molecule has 29 heavy (non-hydrogen) atoms. The van der Waals surface area contributed by atoms with E-state index in [4.69, 9.17) is 4.74 Å². The van der Waals surface area contributed by atoms with Gasteiger partial charge in [0.2, 0.25) is 11.7 Å². The van der Waals surface area contributed by atoms with E-state index >= 15 is 0 Å². The number of hydrogen-bond acceptors (Lipinski definition) is 7. The largest absolute Gasteiger partial charge is 0.495 e. The van der Waals surface area contributed by atoms with Gasteiger partial charge in [-0.2, -0.15) is 0 Å². The fourth-order valence-electron chi connectivity index (χ4n) is 2.87. The Morgan fingerprint density at radius 3 is 2.90 bits per heavy atom. The van der Waals surface area contributed by atoms with Crippen LogP contribution in [0.4, 0.5) is 11.4 Å². The van der Waals surface area contributed by atoms with Gasteiger partial charge in [-0.3, -0.25) is 19.3 Å². The molecule has 0 fully saturated rings. The zero-order chi connectivity index (χ0) is 20.5. The van der Waals surface area contributed by atoms with E-state index in [1.54, 1.807) is 6.92 Å². The average Bonchev–Trinajstić information content (AvgIpc) is 3.27. The summed E-state index contributed by atoms with van der Waals surface area (Å²) in [6.07, 6.45) is 0. The summed E-state index contributed by atoms with van der Waals surface area (Å²) in [6, 6.07) is 11.7. The van der Waals surface area contributed by atoms with Gasteiger partial charge in [0, 0.05) is 12.1 Å². The highest BCUT2D eigenvalue weighted by Gasteiger charge is 2.21. The van der Waals surface area contributed by atoms with Crippen LogP contribution in [0.2, 0.25) is 0 Å². The highest BCUT2D eigenvalue weighted by Crippen LogP contribution is 2.31. The molecule has 0 saturated carbocycles. The number of carbonyl (C=O) groups excluding carboxylic acids is 1. The highest BCUT2D eigenvalue weighted by molar-refractivity contribution is 8.00. The fourth-order valence-corrected chi connectivity index (χ4v) is 3.75. The molecule has 148 valence electrons. The first-order valence-corrected chi connectivity index (χ1v) is 9.47. The summed E-state index contributed by atoms with van der Waals surface area (Å²) < 4.78 is 7.03. The van der Waals surface area contributed by atoms with E-state index < -0.39 is 10.2 Å². The fraction of sp³-hybridized carbons (Fsp3) is 0.167. The molecule has 0 saturated heterocycles. The number of ether oxygens (including phenoxy) is 1. The van der Waals surface area contributed by atoms with Crippen LogP contribution in [0.5, 0.6) is 5.75 Å². The summed E-state index contributed by atoms with van der Waals surface area (Å²) in [5.74, 6) is 0.583. The molecule has 1 unspecified atom stereocenters. The maximum atomic E-state index is 12.7. The second-order valence-corrected chi connectivity index (χ2v) is 7.46. The molecule has 0 aliphatic heterocycles. The lowest BCUT2D eigenvalue weighted by Crippen LogP contribution is -2.23. The standard InChI is InChI=1S/C18H16N6O4S/c1-10(16(25)19-13-9-11(24(26)27)7-8-15(13)28-2)29-18-22-21-17-20-12-5-3-4-6-14(12)23(17)18/h3-10H,1-2H3,(H,19,25)(H,20,21). The van der Waals surface area contributed by atoms with Gasteiger partial charge in [-0.15, -0.1) is 5.10 Å². The molecule has 0 radical (unpaired) electrons. The third-order valence-corrected chi connectivity index (χ3v) is 5.36. The number of anilines is 1. The molecule has 4 rings (SSSR count). The van der Waals surface area contributed by atoms with E-state index in [0.717, 1.165) is 11.0 Å². The second kappa shape index (κ2) is 7.43. The van der Waals surface area contributed by atoms with Crippen LogP contribution in [0.1, 0.15) is 6.92 Å². The van der Waals surface area contributed by atoms with E-state index in [1.807, 2.05) is 28.7 Å². The number of carbonyl (C=O) groups is 1. The number of hydrogen-bond donors (Lipinski definition) is 2. The minimum atomic E-state index is -0.536. The molecular weight excluding hydrogens is 396 g/mol. The van der Waals surface area contributed by atoms with Crippen molar-refractivity contribution < 1.29 is 14.5 Å². The number of amides is 1. The molecule has 2 N–H and O–H groups in total. The molecule has 11 heteroatoms. The van der Waals surface area contributed by atoms with Crippen molar-refractivity contribution in [2.75, 3.05) is 12.4 Å². The van der Waals surface area contributed by atoms with Crippen LogP contribution < -0.4 is 10.1 Å². The number of methoxy groups -OCH3 is 1. The number of aromatic amines is 1. The molecule has 0 aliphatic rings. The summed E-state index contributed by atoms with van der Waals surface area (Å²) >= 11 is 1.24. The third kappa shape index (κ3) is 3.47. The number of H-pyrrole nitrogens is 1. The lowest BCUT2D eigenvalue weighted by Gasteiger charge is -2.13. The number of nitrogens with zero attached hydrogens (tertiary/aromatic N) is 4. The van der Waals surface area contributed by atoms with E-state index in [2.05, 4.69) is 20.5 Å². The van der Waals surface area contributed by atoms with Crippen LogP contribution >= 0.6 is 11.8 Å². The quantitative estimate of drug-likeness (QED) is 0.283. The number of nitrogens with one attached hydrogen (secondary N) is 2. The van der Waals surface area contributed by atoms with Crippen molar-refractivity contribution in [3.05, 3.63) is 52.6 Å². The second-order valence-electron chi connectivity index (χ2n) is 6.16. The number of nitro groups is 1. The third-order valence-electron chi connectivity index (χ3n) is 4.31. The smallest absolute Gasteiger partial charge is 0.271 e. The first-order valence-electron chi connectivity index (χ1n) is 8.59. The van der Waals surface area contributed by atoms with Gasteiger partial charge in [0.15, 0.2) is 5.16 Å². The van der Waals surface area contributed by atoms with E-state index in [-0.39, 0.29) is 17.3 Å². The van der Waals surface area contributed by atoms with Gasteiger partial charge in [-0.05, 0) is 25.1 Å². The zero-order valence-electron chi connectivity index (χ0n) is 15.4. The van der Waals surface area contributed by atoms with Gasteiger partial charge in [-0.1, -0.05) is 23.9 Å². The molecule has 0 spiro atoms. The maximum absolute atomic E-state index is 12.7. The number of rotatable bonds is 6. The van der Waals surface area contributed by atoms with Gasteiger partial charge in [0.05, 0.1) is 34.0 Å². The first kappa shape index (κ1) is 18.7. The SMILES string of the molecule is COc1ccc([N+](=O)[O-])cc1NC(=O)C(C)Sc1n[nH]c2nc3ccccc3n12. The average molecular weight is 412 g/mol. The number of benzene rings is 2. The molecule has 2 heterocycles. The maximum Gasteiger partial charge on any atom is 0.271 e. The van der Waals surface area contributed by atoms with Gasteiger partial charge >= 0.3 is 0 Å². The number of non-ortho nitro benzene ring substituents is 1. The minimum Gasteiger partial charge on any atom is -0.495 e. The van der Waals surface area contributed by atoms with Crippen molar-refractivity contribution in [3.63, 3.8) is 0 Å². The Morgan fingerprint density at radius 2 is 2.14 bits per heavy atom. The molecule has 1 atom stereocenters. The van der Waals surface area contributed by atoms with Crippen LogP contribution in [-0.4, -0.2) is 42.8 Å². The van der Waals surface area contributed by atoms with Gasteiger partial charge in [0.25, 0.3) is 5.69 Å². The Kier molecular flexibility index (Phi) is 4.80. The number of para-hydroxylation sites is 2. The lowest BCUT2D eigenvalue weighted by molar-refractivity contribution is -0.384. The van der Waals surface area contributed by atoms with Crippen molar-refractivity contribution in [3.8, 4) is 5.75 Å². The van der Waals surface area contributed by atoms with Crippen molar-refractivity contribution in [1.29, 1.82) is 0 Å². The van der Waals surface area contributed by atoms with Gasteiger partial charge in [0.1, 0.15) is 5.75 Å². The molecule has 0 bridgehead atoms. The molecule has 0 aliphatic carbocycles. The molecule has 10 nitrogen and oxygen atoms in total. The predicted molar refractivity (Wildman–Crippen MR) is 108 cm³/mol. The molecule has 2 aromatic heterocycles. The Labute approximate surface area is 168 Å². The normalized spacial score (nSPS) is 12.2. The number of aromatic nitrogens is 4. The molecule has 2 aromatic carbocycles. The summed E-state index contributed by atoms with van der Waals surface area (Å²) in [4.78, 5) is 27.6. The van der Waals surface area contributed by atoms with E-state index in [0.29, 0.717) is 16.7 Å². The Balaban J connectivity index is 1.57. The van der Waals surface area contributed by atoms with Crippen molar-refractivity contribution in [2.45, 2.75) is 17.3 Å². The summed E-state index contributed by atoms with van der Waals surface area (Å²) in [5, 5.41) is 20.9. The zero-order valence-corrected chi connectivity index (χ0v) is 16.3. The monoisotopic (exact) mass is 412 g/mol. The van der Waals surface area contributed by atoms with E-state index in [1.165, 1.54) is 37.1 Å². The summed E-state index contributed by atoms with van der Waals surface area (Å²) in [7, 11) is 1.43. The van der Waals surface area contributed by atoms with Gasteiger partial charge in [-0.25, -0.2) is 10.1 Å². The van der Waals surface area contributed by atoms with Crippen molar-refractivity contribution in [1.82, 2.24) is 19.6 Å². The van der Waals surface area contributed by atoms with Crippen LogP contribution in [0.3, 0.4) is 0 Å². The molecule has 1 amide bonds. The molecular formula is C18H16N6O4S. The number of fused-ring (bicyclic) bond motifs is 3. The molecule has 4 aromatic rings. The Bertz CT molecular complexity index is 1230. The Morgan fingerprint density at radius 1 is 1.34 bits per heavy atom. The van der Waals surface area contributed by atoms with Crippen LogP contribution in [-0.2, 0) is 4.79 Å². The topological polar surface area (TPSA) is 127 Å². The van der Waals surface area contributed by atoms with Crippen molar-refractivity contribution >= 4 is 45.9 Å². The van der Waals surface area contributed by atoms with E-state index in [9.17, 15) is 14.9 Å². The Hall–Kier alpha value is -3.60. The van der Waals surface area contributed by atoms with Crippen LogP contribution in [0, 0.1) is 10.1 Å². The summed E-state index contributed by atoms with van der Waals surface area (Å²) in [5.41, 5.74) is 1.80. The number of thioether (sulfide) groups is 1.